The first kappa shape index (κ1) is 102. The zero-order valence-electron chi connectivity index (χ0n) is 79.0. The van der Waals surface area contributed by atoms with E-state index in [1.807, 2.05) is 84.0 Å². The zero-order chi connectivity index (χ0) is 95.5. The number of H-pyrrole nitrogens is 1. The summed E-state index contributed by atoms with van der Waals surface area (Å²) in [5.74, 6) is -7.89. The van der Waals surface area contributed by atoms with Crippen LogP contribution in [0.3, 0.4) is 0 Å². The van der Waals surface area contributed by atoms with Crippen LogP contribution in [0.15, 0.2) is 103 Å². The van der Waals surface area contributed by atoms with E-state index in [9.17, 15) is 53.4 Å². The fourth-order valence-corrected chi connectivity index (χ4v) is 18.5. The number of amides is 5. The molecule has 728 valence electrons. The number of piperazine rings is 2. The fraction of sp³-hybridized carbons (Fsp3) is 0.615. The molecule has 5 amide bonds. The molecule has 15 atom stereocenters. The highest BCUT2D eigenvalue weighted by Gasteiger charge is 2.53. The van der Waals surface area contributed by atoms with Gasteiger partial charge in [0.2, 0.25) is 29.5 Å². The number of aryl methyl sites for hydroxylation is 1. The van der Waals surface area contributed by atoms with Crippen LogP contribution in [0.25, 0.3) is 33.3 Å². The molecule has 134 heavy (non-hydrogen) atoms. The summed E-state index contributed by atoms with van der Waals surface area (Å²) >= 11 is 0. The Labute approximate surface area is 782 Å². The molecule has 1 aliphatic carbocycles. The van der Waals surface area contributed by atoms with Crippen LogP contribution in [0.2, 0.25) is 0 Å². The van der Waals surface area contributed by atoms with E-state index in [-0.39, 0.29) is 106 Å². The third-order valence-electron chi connectivity index (χ3n) is 26.7. The summed E-state index contributed by atoms with van der Waals surface area (Å²) < 4.78 is 49.6. The average molecular weight is 1860 g/mol. The third-order valence-corrected chi connectivity index (χ3v) is 26.7. The minimum atomic E-state index is -2.49. The highest BCUT2D eigenvalue weighted by atomic mass is 16.6. The highest BCUT2D eigenvalue weighted by Crippen LogP contribution is 2.40. The van der Waals surface area contributed by atoms with E-state index < -0.39 is 102 Å². The number of aliphatic hydroxyl groups is 2. The number of anilines is 3. The molecule has 0 radical (unpaired) electrons. The van der Waals surface area contributed by atoms with E-state index in [0.29, 0.717) is 187 Å². The first-order chi connectivity index (χ1) is 64.6. The number of esters is 1. The van der Waals surface area contributed by atoms with E-state index in [1.54, 1.807) is 66.6 Å². The van der Waals surface area contributed by atoms with Gasteiger partial charge in [-0.1, -0.05) is 71.1 Å². The van der Waals surface area contributed by atoms with Gasteiger partial charge in [-0.05, 0) is 132 Å². The lowest BCUT2D eigenvalue weighted by molar-refractivity contribution is -0.265. The van der Waals surface area contributed by atoms with Gasteiger partial charge in [-0.2, -0.15) is 5.10 Å². The quantitative estimate of drug-likeness (QED) is 0.00988. The number of nitrogen functional groups attached to an aromatic ring is 1. The minimum absolute atomic E-state index is 0.00400. The van der Waals surface area contributed by atoms with Gasteiger partial charge in [-0.3, -0.25) is 38.5 Å². The van der Waals surface area contributed by atoms with Crippen LogP contribution in [0, 0.1) is 35.5 Å². The molecule has 1 saturated carbocycles. The second-order valence-electron chi connectivity index (χ2n) is 36.4. The van der Waals surface area contributed by atoms with Crippen molar-refractivity contribution in [3.63, 3.8) is 0 Å². The molecule has 2 bridgehead atoms. The van der Waals surface area contributed by atoms with E-state index in [4.69, 9.17) is 48.7 Å². The summed E-state index contributed by atoms with van der Waals surface area (Å²) in [4.78, 5) is 169. The summed E-state index contributed by atoms with van der Waals surface area (Å²) in [5, 5.41) is 38.9. The van der Waals surface area contributed by atoms with Crippen molar-refractivity contribution in [2.24, 2.45) is 35.5 Å². The van der Waals surface area contributed by atoms with Crippen LogP contribution in [0.5, 0.6) is 0 Å². The van der Waals surface area contributed by atoms with Crippen molar-refractivity contribution in [1.82, 2.24) is 80.3 Å². The number of nitrogens with zero attached hydrogens (tertiary/aromatic N) is 14. The molecule has 8 N–H and O–H groups in total. The number of carbonyl (C=O) groups is 9. The Morgan fingerprint density at radius 3 is 2.19 bits per heavy atom. The van der Waals surface area contributed by atoms with E-state index in [1.165, 1.54) is 30.7 Å². The predicted octanol–water partition coefficient (Wildman–Crippen LogP) is 7.57. The predicted molar refractivity (Wildman–Crippen MR) is 498 cm³/mol. The molecule has 38 heteroatoms. The Morgan fingerprint density at radius 2 is 1.45 bits per heavy atom. The number of alkyl carbamates (subject to hydrolysis) is 1. The molecule has 0 aromatic carbocycles. The SMILES string of the molecule is CO[C@H]1C[C@@H]2CC[C@@H](C)[C@@](O)(O2)C(=O)C(=O)N2CCCC[C@H]2C(=O)OC([C@H](C)C[C@@H]2CC[C@@H](OC(=O)NCc3cnc(N4CCN(C(=O)CCOCCN5CCN(c6ncc(C(=O)NCCOCCC(=O)NCCCCn7nc(-c8cnc9[nH]ccc9c8)c8c(N)ncnc87)cn6)CC5)CC4)nc3)[C@H](OC)C2)CC(=O)[C@H](C)/C=C(\C)[C@@H](O)[C@@H](OC)C(=O)[C@H](C)C[C@H](C)/C=C/C=C/C=C/1C. The molecule has 38 nitrogen and oxygen atoms in total. The molecule has 12 rings (SSSR count). The number of aromatic amines is 1. The van der Waals surface area contributed by atoms with Crippen LogP contribution in [0.1, 0.15) is 167 Å². The van der Waals surface area contributed by atoms with Crippen LogP contribution >= 0.6 is 0 Å². The van der Waals surface area contributed by atoms with E-state index in [2.05, 4.69) is 65.6 Å². The van der Waals surface area contributed by atoms with Gasteiger partial charge < -0.3 is 94.4 Å². The van der Waals surface area contributed by atoms with E-state index >= 15 is 0 Å². The summed E-state index contributed by atoms with van der Waals surface area (Å²) in [5.41, 5.74) is 11.3. The maximum absolute atomic E-state index is 14.8. The number of unbranched alkanes of at least 4 members (excludes halogenated alkanes) is 1. The van der Waals surface area contributed by atoms with Gasteiger partial charge in [-0.25, -0.2) is 49.2 Å². The normalized spacial score (nSPS) is 27.1. The Morgan fingerprint density at radius 1 is 0.716 bits per heavy atom. The number of hydrogen-bond donors (Lipinski definition) is 7. The summed E-state index contributed by atoms with van der Waals surface area (Å²) in [6, 6.07) is 2.72. The third kappa shape index (κ3) is 27.5. The number of carbonyl (C=O) groups excluding carboxylic acids is 9. The first-order valence-electron chi connectivity index (χ1n) is 47.3. The number of piperidine rings is 1. The number of fused-ring (bicyclic) bond motifs is 5. The van der Waals surface area contributed by atoms with Gasteiger partial charge in [-0.15, -0.1) is 0 Å². The van der Waals surface area contributed by atoms with Crippen LogP contribution in [-0.2, 0) is 84.5 Å². The number of ketones is 3. The molecule has 1 unspecified atom stereocenters. The molecule has 4 saturated heterocycles. The molecule has 5 aliphatic heterocycles. The number of hydrogen-bond acceptors (Lipinski definition) is 31. The molecule has 11 heterocycles. The van der Waals surface area contributed by atoms with Gasteiger partial charge in [0.25, 0.3) is 17.6 Å². The number of cyclic esters (lactones) is 1. The van der Waals surface area contributed by atoms with Crippen LogP contribution in [0.4, 0.5) is 22.5 Å². The second-order valence-corrected chi connectivity index (χ2v) is 36.4. The van der Waals surface area contributed by atoms with Crippen LogP contribution < -0.4 is 31.5 Å². The number of aromatic nitrogens is 10. The van der Waals surface area contributed by atoms with Gasteiger partial charge >= 0.3 is 12.1 Å². The first-order valence-corrected chi connectivity index (χ1v) is 47.3. The number of aliphatic hydroxyl groups excluding tert-OH is 1. The molecule has 6 aromatic heterocycles. The average Bonchev–Trinajstić information content (AvgIpc) is 1.57. The lowest BCUT2D eigenvalue weighted by atomic mass is 9.78. The summed E-state index contributed by atoms with van der Waals surface area (Å²) in [7, 11) is 4.48. The number of rotatable bonds is 30. The van der Waals surface area contributed by atoms with Gasteiger partial charge in [0.15, 0.2) is 11.4 Å². The lowest BCUT2D eigenvalue weighted by Gasteiger charge is -2.42. The second kappa shape index (κ2) is 49.5. The smallest absolute Gasteiger partial charge is 0.407 e. The van der Waals surface area contributed by atoms with Gasteiger partial charge in [0, 0.05) is 204 Å². The number of nitrogens with two attached hydrogens (primary N) is 1. The molecular weight excluding hydrogens is 1720 g/mol. The Balaban J connectivity index is 0.526. The Hall–Kier alpha value is -11.0. The summed E-state index contributed by atoms with van der Waals surface area (Å²) in [6.45, 7) is 20.7. The highest BCUT2D eigenvalue weighted by molar-refractivity contribution is 6.39. The Bertz CT molecular complexity index is 5070. The maximum atomic E-state index is 14.8. The standard InChI is InChI=1S/C96H135N19O19/c1-60-18-12-11-13-19-61(2)76(127-8)51-72-23-21-66(7)96(126,134-72)86(121)91(123)114-31-16-14-20-73(114)92(124)132-77(52-74(116)62(3)47-65(6)84(120)85(129-10)83(119)64(5)46-60)63(4)48-67-22-24-75(78(49-67)128-9)133-95(125)106-55-68-53-102-93(103-54-68)113-39-37-111(38-40-113)80(118)27-43-131-45-41-110-33-35-112(36-34-110)94-104-57-71(58-105-94)90(122)100-30-44-130-42-26-79(117)98-28-15-17-32-115-89-81(87(97)107-59-108-89)82(109-115)70-50-69-25-29-99-88(69)101-56-70/h11-13,18-19,25,29,47,50,53-54,56-60,62-64,66-67,72-73,75-78,84-85,120,126H,14-17,20-24,26-28,30-46,48-49,51-52,55H2,1-10H3,(H,98,117)(H,99,101)(H,100,122)(H,106,125)(H2,97,107,108)/b13-11+,18-12+,61-19+,65-47+/t60-,62-,63-,64-,66-,67+,72+,73+,75-,76+,77?,78-,84-,85+,96-/m1/s1. The maximum Gasteiger partial charge on any atom is 0.407 e. The van der Waals surface area contributed by atoms with Crippen molar-refractivity contribution >= 4 is 92.8 Å². The molecular formula is C96H135N19O19. The number of Topliss-reactive ketones (excluding diaryl/α,β-unsaturated/α-hetero) is 3. The molecule has 6 aromatic rings. The van der Waals surface area contributed by atoms with Crippen molar-refractivity contribution in [2.45, 2.75) is 219 Å². The number of allylic oxidation sites excluding steroid dienone is 6. The van der Waals surface area contributed by atoms with Crippen molar-refractivity contribution < 1.29 is 91.3 Å². The number of methoxy groups -OCH3 is 3. The fourth-order valence-electron chi connectivity index (χ4n) is 18.5. The molecule has 0 spiro atoms. The van der Waals surface area contributed by atoms with Crippen LogP contribution in [-0.4, -0.2) is 308 Å². The zero-order valence-corrected chi connectivity index (χ0v) is 79.0. The van der Waals surface area contributed by atoms with Crippen molar-refractivity contribution in [3.8, 4) is 11.3 Å². The van der Waals surface area contributed by atoms with Crippen molar-refractivity contribution in [1.29, 1.82) is 0 Å². The molecule has 6 aliphatic rings. The Kier molecular flexibility index (Phi) is 37.7. The number of ether oxygens (including phenoxy) is 8. The topological polar surface area (TPSA) is 470 Å². The van der Waals surface area contributed by atoms with Gasteiger partial charge in [0.05, 0.1) is 62.1 Å². The largest absolute Gasteiger partial charge is 0.460 e. The van der Waals surface area contributed by atoms with E-state index in [0.717, 1.165) is 41.7 Å². The summed E-state index contributed by atoms with van der Waals surface area (Å²) in [6.07, 6.45) is 22.2. The number of nitrogens with one attached hydrogen (secondary N) is 4. The lowest BCUT2D eigenvalue weighted by Crippen LogP contribution is -2.61. The minimum Gasteiger partial charge on any atom is -0.460 e. The molecule has 5 fully saturated rings. The van der Waals surface area contributed by atoms with Gasteiger partial charge in [0.1, 0.15) is 59.7 Å². The van der Waals surface area contributed by atoms with Crippen molar-refractivity contribution in [3.05, 3.63) is 114 Å². The monoisotopic (exact) mass is 1860 g/mol. The number of pyridine rings is 1. The van der Waals surface area contributed by atoms with Crippen molar-refractivity contribution in [2.75, 3.05) is 142 Å².